The first-order valence-corrected chi connectivity index (χ1v) is 6.55. The largest absolute Gasteiger partial charge is 0.384 e. The summed E-state index contributed by atoms with van der Waals surface area (Å²) in [6, 6.07) is 3.83. The molecule has 2 N–H and O–H groups in total. The molecule has 15 heavy (non-hydrogen) atoms. The highest BCUT2D eigenvalue weighted by Gasteiger charge is 2.40. The third-order valence-corrected chi connectivity index (χ3v) is 4.64. The average molecular weight is 246 g/mol. The normalized spacial score (nSPS) is 31.8. The van der Waals surface area contributed by atoms with Crippen LogP contribution < -0.4 is 5.32 Å². The topological polar surface area (TPSA) is 32.3 Å². The van der Waals surface area contributed by atoms with Crippen molar-refractivity contribution in [2.24, 2.45) is 5.92 Å². The molecule has 84 valence electrons. The highest BCUT2D eigenvalue weighted by Crippen LogP contribution is 2.41. The number of nitrogens with one attached hydrogen (secondary N) is 1. The van der Waals surface area contributed by atoms with Crippen molar-refractivity contribution < 1.29 is 5.11 Å². The minimum absolute atomic E-state index is 0.293. The molecule has 0 aliphatic carbocycles. The molecule has 0 saturated carbocycles. The zero-order valence-electron chi connectivity index (χ0n) is 8.79. The lowest BCUT2D eigenvalue weighted by Crippen LogP contribution is -2.47. The van der Waals surface area contributed by atoms with Crippen LogP contribution in [0.2, 0.25) is 4.34 Å². The average Bonchev–Trinajstić information content (AvgIpc) is 2.66. The van der Waals surface area contributed by atoms with Crippen molar-refractivity contribution >= 4 is 22.9 Å². The van der Waals surface area contributed by atoms with E-state index in [9.17, 15) is 5.11 Å². The molecule has 2 nitrogen and oxygen atoms in total. The molecule has 1 aliphatic rings. The molecule has 1 saturated heterocycles. The Morgan fingerprint density at radius 3 is 3.07 bits per heavy atom. The Hall–Kier alpha value is -0.0900. The van der Waals surface area contributed by atoms with E-state index in [0.29, 0.717) is 5.92 Å². The standard InChI is InChI=1S/C11H16ClNOS/c1-2-8-7-13-6-5-11(8,14)9-3-4-10(12)15-9/h3-4,8,13-14H,2,5-7H2,1H3. The van der Waals surface area contributed by atoms with Crippen LogP contribution in [0.1, 0.15) is 24.6 Å². The molecule has 0 radical (unpaired) electrons. The van der Waals surface area contributed by atoms with E-state index in [2.05, 4.69) is 12.2 Å². The van der Waals surface area contributed by atoms with Gasteiger partial charge in [-0.3, -0.25) is 0 Å². The van der Waals surface area contributed by atoms with Gasteiger partial charge in [-0.2, -0.15) is 0 Å². The molecule has 0 spiro atoms. The summed E-state index contributed by atoms with van der Waals surface area (Å²) in [4.78, 5) is 1.01. The lowest BCUT2D eigenvalue weighted by molar-refractivity contribution is -0.0447. The zero-order valence-corrected chi connectivity index (χ0v) is 10.4. The summed E-state index contributed by atoms with van der Waals surface area (Å²) in [5.74, 6) is 0.293. The van der Waals surface area contributed by atoms with Gasteiger partial charge in [-0.25, -0.2) is 0 Å². The molecular weight excluding hydrogens is 230 g/mol. The second-order valence-corrected chi connectivity index (χ2v) is 5.80. The van der Waals surface area contributed by atoms with Gasteiger partial charge in [0.25, 0.3) is 0 Å². The number of hydrogen-bond acceptors (Lipinski definition) is 3. The van der Waals surface area contributed by atoms with Gasteiger partial charge in [-0.15, -0.1) is 11.3 Å². The number of piperidine rings is 1. The molecule has 2 rings (SSSR count). The van der Waals surface area contributed by atoms with Gasteiger partial charge in [-0.1, -0.05) is 18.5 Å². The number of rotatable bonds is 2. The van der Waals surface area contributed by atoms with Crippen molar-refractivity contribution in [2.75, 3.05) is 13.1 Å². The van der Waals surface area contributed by atoms with Crippen LogP contribution in [0.15, 0.2) is 12.1 Å². The minimum Gasteiger partial charge on any atom is -0.384 e. The third kappa shape index (κ3) is 2.07. The maximum Gasteiger partial charge on any atom is 0.104 e. The van der Waals surface area contributed by atoms with Crippen molar-refractivity contribution in [3.8, 4) is 0 Å². The molecule has 1 aromatic heterocycles. The Morgan fingerprint density at radius 1 is 1.67 bits per heavy atom. The number of thiophene rings is 1. The van der Waals surface area contributed by atoms with Gasteiger partial charge in [-0.05, 0) is 31.5 Å². The zero-order chi connectivity index (χ0) is 10.9. The van der Waals surface area contributed by atoms with Gasteiger partial charge in [0.1, 0.15) is 5.60 Å². The van der Waals surface area contributed by atoms with Crippen LogP contribution >= 0.6 is 22.9 Å². The Kier molecular flexibility index (Phi) is 3.36. The van der Waals surface area contributed by atoms with E-state index >= 15 is 0 Å². The van der Waals surface area contributed by atoms with Gasteiger partial charge in [0.15, 0.2) is 0 Å². The van der Waals surface area contributed by atoms with Crippen LogP contribution in [0, 0.1) is 5.92 Å². The fourth-order valence-corrected chi connectivity index (χ4v) is 3.52. The molecule has 0 amide bonds. The van der Waals surface area contributed by atoms with Gasteiger partial charge in [0.2, 0.25) is 0 Å². The Morgan fingerprint density at radius 2 is 2.47 bits per heavy atom. The van der Waals surface area contributed by atoms with E-state index in [1.54, 1.807) is 0 Å². The van der Waals surface area contributed by atoms with Crippen molar-refractivity contribution in [1.82, 2.24) is 5.32 Å². The highest BCUT2D eigenvalue weighted by molar-refractivity contribution is 7.16. The maximum absolute atomic E-state index is 10.7. The third-order valence-electron chi connectivity index (χ3n) is 3.24. The monoisotopic (exact) mass is 245 g/mol. The van der Waals surface area contributed by atoms with E-state index in [-0.39, 0.29) is 0 Å². The minimum atomic E-state index is -0.669. The van der Waals surface area contributed by atoms with Crippen LogP contribution in [0.3, 0.4) is 0 Å². The first-order valence-electron chi connectivity index (χ1n) is 5.35. The Bertz CT molecular complexity index is 341. The summed E-state index contributed by atoms with van der Waals surface area (Å²) in [7, 11) is 0. The first kappa shape index (κ1) is 11.4. The molecule has 4 heteroatoms. The molecule has 0 bridgehead atoms. The lowest BCUT2D eigenvalue weighted by atomic mass is 9.79. The fourth-order valence-electron chi connectivity index (χ4n) is 2.28. The van der Waals surface area contributed by atoms with E-state index in [0.717, 1.165) is 35.1 Å². The fraction of sp³-hybridized carbons (Fsp3) is 0.636. The van der Waals surface area contributed by atoms with Crippen LogP contribution in [-0.2, 0) is 5.60 Å². The summed E-state index contributed by atoms with van der Waals surface area (Å²) in [6.07, 6.45) is 1.77. The Labute approximate surface area is 99.3 Å². The first-order chi connectivity index (χ1) is 7.16. The molecule has 0 aromatic carbocycles. The molecule has 2 heterocycles. The van der Waals surface area contributed by atoms with Crippen molar-refractivity contribution in [3.05, 3.63) is 21.3 Å². The van der Waals surface area contributed by atoms with Gasteiger partial charge >= 0.3 is 0 Å². The summed E-state index contributed by atoms with van der Waals surface area (Å²) in [6.45, 7) is 3.89. The van der Waals surface area contributed by atoms with E-state index in [1.807, 2.05) is 12.1 Å². The SMILES string of the molecule is CCC1CNCCC1(O)c1ccc(Cl)s1. The summed E-state index contributed by atoms with van der Waals surface area (Å²) in [5.41, 5.74) is -0.669. The molecular formula is C11H16ClNOS. The number of hydrogen-bond donors (Lipinski definition) is 2. The van der Waals surface area contributed by atoms with Crippen LogP contribution in [0.25, 0.3) is 0 Å². The van der Waals surface area contributed by atoms with Crippen molar-refractivity contribution in [1.29, 1.82) is 0 Å². The smallest absolute Gasteiger partial charge is 0.104 e. The number of aliphatic hydroxyl groups is 1. The molecule has 2 atom stereocenters. The van der Waals surface area contributed by atoms with Crippen molar-refractivity contribution in [3.63, 3.8) is 0 Å². The predicted molar refractivity (Wildman–Crippen MR) is 64.5 cm³/mol. The van der Waals surface area contributed by atoms with Crippen LogP contribution in [-0.4, -0.2) is 18.2 Å². The van der Waals surface area contributed by atoms with E-state index in [4.69, 9.17) is 11.6 Å². The van der Waals surface area contributed by atoms with Crippen molar-refractivity contribution in [2.45, 2.75) is 25.4 Å². The second kappa shape index (κ2) is 4.42. The second-order valence-electron chi connectivity index (χ2n) is 4.09. The van der Waals surface area contributed by atoms with Crippen LogP contribution in [0.4, 0.5) is 0 Å². The van der Waals surface area contributed by atoms with Crippen LogP contribution in [0.5, 0.6) is 0 Å². The molecule has 2 unspecified atom stereocenters. The van der Waals surface area contributed by atoms with Gasteiger partial charge in [0, 0.05) is 17.3 Å². The predicted octanol–water partition coefficient (Wildman–Crippen LogP) is 2.61. The summed E-state index contributed by atoms with van der Waals surface area (Å²) < 4.78 is 0.756. The summed E-state index contributed by atoms with van der Waals surface area (Å²) in [5, 5.41) is 14.1. The molecule has 1 aromatic rings. The Balaban J connectivity index is 2.29. The lowest BCUT2D eigenvalue weighted by Gasteiger charge is -2.39. The highest BCUT2D eigenvalue weighted by atomic mass is 35.5. The molecule has 1 fully saturated rings. The maximum atomic E-state index is 10.7. The van der Waals surface area contributed by atoms with Gasteiger partial charge in [0.05, 0.1) is 4.34 Å². The summed E-state index contributed by atoms with van der Waals surface area (Å²) >= 11 is 7.42. The van der Waals surface area contributed by atoms with E-state index < -0.39 is 5.60 Å². The number of halogens is 1. The van der Waals surface area contributed by atoms with E-state index in [1.165, 1.54) is 11.3 Å². The van der Waals surface area contributed by atoms with Gasteiger partial charge < -0.3 is 10.4 Å². The molecule has 1 aliphatic heterocycles. The quantitative estimate of drug-likeness (QED) is 0.840.